The normalized spacial score (nSPS) is 18.9. The minimum Gasteiger partial charge on any atom is -0.393 e. The third kappa shape index (κ3) is 2.82. The van der Waals surface area contributed by atoms with Crippen LogP contribution in [0.5, 0.6) is 0 Å². The number of piperidine rings is 1. The predicted octanol–water partition coefficient (Wildman–Crippen LogP) is 1.10. The van der Waals surface area contributed by atoms with Crippen LogP contribution in [-0.4, -0.2) is 29.2 Å². The van der Waals surface area contributed by atoms with E-state index in [0.717, 1.165) is 32.5 Å². The molecule has 0 amide bonds. The Bertz CT molecular complexity index is 332. The first-order chi connectivity index (χ1) is 7.79. The molecular weight excluding hydrogens is 200 g/mol. The molecule has 1 saturated heterocycles. The van der Waals surface area contributed by atoms with Gasteiger partial charge in [0.1, 0.15) is 0 Å². The summed E-state index contributed by atoms with van der Waals surface area (Å²) in [4.78, 5) is 2.39. The molecule has 1 aliphatic rings. The third-order valence-corrected chi connectivity index (χ3v) is 3.29. The second-order valence-corrected chi connectivity index (χ2v) is 4.48. The second-order valence-electron chi connectivity index (χ2n) is 4.48. The van der Waals surface area contributed by atoms with Crippen LogP contribution in [0.1, 0.15) is 24.0 Å². The van der Waals surface area contributed by atoms with Crippen molar-refractivity contribution in [1.82, 2.24) is 4.90 Å². The van der Waals surface area contributed by atoms with Crippen LogP contribution in [0.25, 0.3) is 0 Å². The number of aliphatic hydroxyl groups excluding tert-OH is 1. The van der Waals surface area contributed by atoms with Crippen molar-refractivity contribution in [2.24, 2.45) is 5.73 Å². The summed E-state index contributed by atoms with van der Waals surface area (Å²) < 4.78 is 0. The molecule has 88 valence electrons. The van der Waals surface area contributed by atoms with Gasteiger partial charge in [-0.05, 0) is 24.0 Å². The summed E-state index contributed by atoms with van der Waals surface area (Å²) in [6, 6.07) is 8.33. The van der Waals surface area contributed by atoms with E-state index < -0.39 is 0 Å². The fraction of sp³-hybridized carbons (Fsp3) is 0.538. The highest BCUT2D eigenvalue weighted by atomic mass is 16.3. The molecule has 0 bridgehead atoms. The molecule has 2 rings (SSSR count). The van der Waals surface area contributed by atoms with Gasteiger partial charge in [-0.1, -0.05) is 24.3 Å². The standard InChI is InChI=1S/C13H20N2O/c14-9-11-3-1-2-4-12(11)10-15-7-5-13(16)6-8-15/h1-4,13,16H,5-10,14H2. The van der Waals surface area contributed by atoms with E-state index in [1.807, 2.05) is 6.07 Å². The third-order valence-electron chi connectivity index (χ3n) is 3.29. The van der Waals surface area contributed by atoms with Crippen LogP contribution in [0.15, 0.2) is 24.3 Å². The zero-order chi connectivity index (χ0) is 11.4. The summed E-state index contributed by atoms with van der Waals surface area (Å²) in [5, 5.41) is 9.45. The largest absolute Gasteiger partial charge is 0.393 e. The quantitative estimate of drug-likeness (QED) is 0.802. The van der Waals surface area contributed by atoms with Crippen molar-refractivity contribution in [2.45, 2.75) is 32.0 Å². The van der Waals surface area contributed by atoms with Gasteiger partial charge < -0.3 is 10.8 Å². The van der Waals surface area contributed by atoms with Crippen LogP contribution >= 0.6 is 0 Å². The maximum Gasteiger partial charge on any atom is 0.0564 e. The molecule has 0 aromatic heterocycles. The first-order valence-electron chi connectivity index (χ1n) is 5.97. The van der Waals surface area contributed by atoms with Crippen molar-refractivity contribution in [3.63, 3.8) is 0 Å². The minimum absolute atomic E-state index is 0.0963. The Balaban J connectivity index is 1.98. The lowest BCUT2D eigenvalue weighted by Crippen LogP contribution is -2.35. The van der Waals surface area contributed by atoms with Gasteiger partial charge in [0.25, 0.3) is 0 Å². The topological polar surface area (TPSA) is 49.5 Å². The first kappa shape index (κ1) is 11.6. The minimum atomic E-state index is -0.0963. The summed E-state index contributed by atoms with van der Waals surface area (Å²) in [5.74, 6) is 0. The molecule has 3 N–H and O–H groups in total. The van der Waals surface area contributed by atoms with Gasteiger partial charge in [-0.15, -0.1) is 0 Å². The zero-order valence-electron chi connectivity index (χ0n) is 9.60. The van der Waals surface area contributed by atoms with Gasteiger partial charge in [0, 0.05) is 26.2 Å². The molecule has 3 heteroatoms. The maximum absolute atomic E-state index is 9.45. The van der Waals surface area contributed by atoms with E-state index in [4.69, 9.17) is 5.73 Å². The predicted molar refractivity (Wildman–Crippen MR) is 64.9 cm³/mol. The number of aliphatic hydroxyl groups is 1. The molecule has 1 aromatic rings. The lowest BCUT2D eigenvalue weighted by atomic mass is 10.0. The van der Waals surface area contributed by atoms with Gasteiger partial charge in [0.2, 0.25) is 0 Å². The number of nitrogens with two attached hydrogens (primary N) is 1. The number of nitrogens with zero attached hydrogens (tertiary/aromatic N) is 1. The SMILES string of the molecule is NCc1ccccc1CN1CCC(O)CC1. The fourth-order valence-corrected chi connectivity index (χ4v) is 2.23. The van der Waals surface area contributed by atoms with Gasteiger partial charge in [-0.25, -0.2) is 0 Å². The molecule has 1 fully saturated rings. The highest BCUT2D eigenvalue weighted by Crippen LogP contribution is 2.16. The summed E-state index contributed by atoms with van der Waals surface area (Å²) in [6.07, 6.45) is 1.69. The van der Waals surface area contributed by atoms with E-state index in [2.05, 4.69) is 23.1 Å². The Hall–Kier alpha value is -0.900. The van der Waals surface area contributed by atoms with Crippen molar-refractivity contribution in [3.05, 3.63) is 35.4 Å². The van der Waals surface area contributed by atoms with Gasteiger partial charge >= 0.3 is 0 Å². The van der Waals surface area contributed by atoms with E-state index in [1.165, 1.54) is 11.1 Å². The first-order valence-corrected chi connectivity index (χ1v) is 5.97. The van der Waals surface area contributed by atoms with Crippen molar-refractivity contribution in [3.8, 4) is 0 Å². The maximum atomic E-state index is 9.45. The smallest absolute Gasteiger partial charge is 0.0564 e. The highest BCUT2D eigenvalue weighted by molar-refractivity contribution is 5.26. The Morgan fingerprint density at radius 2 is 1.81 bits per heavy atom. The Morgan fingerprint density at radius 1 is 1.19 bits per heavy atom. The zero-order valence-corrected chi connectivity index (χ0v) is 9.60. The lowest BCUT2D eigenvalue weighted by molar-refractivity contribution is 0.0791. The monoisotopic (exact) mass is 220 g/mol. The van der Waals surface area contributed by atoms with E-state index in [-0.39, 0.29) is 6.10 Å². The van der Waals surface area contributed by atoms with Crippen molar-refractivity contribution >= 4 is 0 Å². The molecular formula is C13H20N2O. The molecule has 0 unspecified atom stereocenters. The molecule has 1 heterocycles. The second kappa shape index (κ2) is 5.43. The van der Waals surface area contributed by atoms with Crippen molar-refractivity contribution in [1.29, 1.82) is 0 Å². The number of hydrogen-bond donors (Lipinski definition) is 2. The van der Waals surface area contributed by atoms with Crippen LogP contribution in [0, 0.1) is 0 Å². The van der Waals surface area contributed by atoms with E-state index in [9.17, 15) is 5.11 Å². The molecule has 1 aliphatic heterocycles. The van der Waals surface area contributed by atoms with Gasteiger partial charge in [-0.2, -0.15) is 0 Å². The molecule has 16 heavy (non-hydrogen) atoms. The van der Waals surface area contributed by atoms with Crippen LogP contribution < -0.4 is 5.73 Å². The van der Waals surface area contributed by atoms with Crippen LogP contribution in [0.3, 0.4) is 0 Å². The van der Waals surface area contributed by atoms with Gasteiger partial charge in [0.05, 0.1) is 6.10 Å². The van der Waals surface area contributed by atoms with Crippen molar-refractivity contribution in [2.75, 3.05) is 13.1 Å². The van der Waals surface area contributed by atoms with E-state index in [0.29, 0.717) is 6.54 Å². The molecule has 0 saturated carbocycles. The summed E-state index contributed by atoms with van der Waals surface area (Å²) in [5.41, 5.74) is 8.27. The van der Waals surface area contributed by atoms with Crippen LogP contribution in [-0.2, 0) is 13.1 Å². The number of hydrogen-bond acceptors (Lipinski definition) is 3. The summed E-state index contributed by atoms with van der Waals surface area (Å²) >= 11 is 0. The number of rotatable bonds is 3. The molecule has 0 atom stereocenters. The molecule has 0 radical (unpaired) electrons. The van der Waals surface area contributed by atoms with Crippen LogP contribution in [0.4, 0.5) is 0 Å². The van der Waals surface area contributed by atoms with Crippen LogP contribution in [0.2, 0.25) is 0 Å². The number of benzene rings is 1. The Morgan fingerprint density at radius 3 is 2.44 bits per heavy atom. The fourth-order valence-electron chi connectivity index (χ4n) is 2.23. The van der Waals surface area contributed by atoms with Gasteiger partial charge in [-0.3, -0.25) is 4.90 Å². The van der Waals surface area contributed by atoms with Gasteiger partial charge in [0.15, 0.2) is 0 Å². The number of likely N-dealkylation sites (tertiary alicyclic amines) is 1. The average molecular weight is 220 g/mol. The molecule has 0 spiro atoms. The lowest BCUT2D eigenvalue weighted by Gasteiger charge is -2.30. The molecule has 0 aliphatic carbocycles. The Labute approximate surface area is 96.9 Å². The molecule has 3 nitrogen and oxygen atoms in total. The molecule has 1 aromatic carbocycles. The Kier molecular flexibility index (Phi) is 3.93. The van der Waals surface area contributed by atoms with E-state index >= 15 is 0 Å². The summed E-state index contributed by atoms with van der Waals surface area (Å²) in [7, 11) is 0. The van der Waals surface area contributed by atoms with Crippen molar-refractivity contribution < 1.29 is 5.11 Å². The summed E-state index contributed by atoms with van der Waals surface area (Å²) in [6.45, 7) is 3.53. The highest BCUT2D eigenvalue weighted by Gasteiger charge is 2.17. The van der Waals surface area contributed by atoms with E-state index in [1.54, 1.807) is 0 Å². The average Bonchev–Trinajstić information content (AvgIpc) is 2.33.